The molecule has 2 aromatic carbocycles. The summed E-state index contributed by atoms with van der Waals surface area (Å²) in [6, 6.07) is 20.2. The number of rotatable bonds is 2. The Kier molecular flexibility index (Phi) is 3.18. The Hall–Kier alpha value is -2.66. The van der Waals surface area contributed by atoms with Gasteiger partial charge in [0.05, 0.1) is 17.3 Å². The molecule has 0 fully saturated rings. The molecule has 0 aliphatic rings. The van der Waals surface area contributed by atoms with Crippen molar-refractivity contribution in [3.8, 4) is 17.3 Å². The molecule has 0 bridgehead atoms. The van der Waals surface area contributed by atoms with Crippen LogP contribution in [-0.2, 0) is 6.42 Å². The summed E-state index contributed by atoms with van der Waals surface area (Å²) in [7, 11) is 0. The summed E-state index contributed by atoms with van der Waals surface area (Å²) in [5.41, 5.74) is 3.68. The predicted molar refractivity (Wildman–Crippen MR) is 81.3 cm³/mol. The maximum Gasteiger partial charge on any atom is 0.0991 e. The van der Waals surface area contributed by atoms with Gasteiger partial charge in [-0.2, -0.15) is 5.26 Å². The second-order valence-corrected chi connectivity index (χ2v) is 4.73. The van der Waals surface area contributed by atoms with Crippen LogP contribution in [0.25, 0.3) is 22.0 Å². The van der Waals surface area contributed by atoms with Gasteiger partial charge in [-0.15, -0.1) is 0 Å². The molecule has 2 heteroatoms. The van der Waals surface area contributed by atoms with E-state index in [2.05, 4.69) is 31.2 Å². The summed E-state index contributed by atoms with van der Waals surface area (Å²) >= 11 is 0. The molecule has 0 radical (unpaired) electrons. The Bertz CT molecular complexity index is 813. The van der Waals surface area contributed by atoms with E-state index in [9.17, 15) is 0 Å². The van der Waals surface area contributed by atoms with E-state index in [1.165, 1.54) is 5.39 Å². The van der Waals surface area contributed by atoms with Crippen molar-refractivity contribution in [1.29, 1.82) is 5.26 Å². The molecule has 96 valence electrons. The number of aromatic nitrogens is 1. The minimum atomic E-state index is 0.662. The minimum absolute atomic E-state index is 0.662. The molecular weight excluding hydrogens is 244 g/mol. The summed E-state index contributed by atoms with van der Waals surface area (Å²) in [6.45, 7) is 2.10. The molecule has 0 saturated carbocycles. The Labute approximate surface area is 118 Å². The van der Waals surface area contributed by atoms with Gasteiger partial charge in [0.1, 0.15) is 0 Å². The standard InChI is InChI=1S/C18H14N2/c1-2-16-11-14-7-3-4-9-17(14)18(20-16)15-8-5-6-13(10-15)12-19/h3-11H,2H2,1H3. The number of nitriles is 1. The molecule has 0 N–H and O–H groups in total. The molecule has 0 atom stereocenters. The Morgan fingerprint density at radius 1 is 1.05 bits per heavy atom. The van der Waals surface area contributed by atoms with Gasteiger partial charge in [-0.05, 0) is 30.0 Å². The van der Waals surface area contributed by atoms with Crippen LogP contribution in [0.2, 0.25) is 0 Å². The largest absolute Gasteiger partial charge is 0.252 e. The molecule has 0 saturated heterocycles. The lowest BCUT2D eigenvalue weighted by molar-refractivity contribution is 1.05. The Morgan fingerprint density at radius 2 is 1.90 bits per heavy atom. The topological polar surface area (TPSA) is 36.7 Å². The molecular formula is C18H14N2. The van der Waals surface area contributed by atoms with E-state index in [0.29, 0.717) is 5.56 Å². The van der Waals surface area contributed by atoms with Crippen LogP contribution in [0.4, 0.5) is 0 Å². The van der Waals surface area contributed by atoms with Gasteiger partial charge < -0.3 is 0 Å². The average molecular weight is 258 g/mol. The van der Waals surface area contributed by atoms with E-state index >= 15 is 0 Å². The lowest BCUT2D eigenvalue weighted by Gasteiger charge is -2.09. The quantitative estimate of drug-likeness (QED) is 0.685. The third-order valence-corrected chi connectivity index (χ3v) is 3.42. The molecule has 0 aliphatic heterocycles. The first-order valence-electron chi connectivity index (χ1n) is 6.71. The first-order chi connectivity index (χ1) is 9.81. The van der Waals surface area contributed by atoms with Crippen LogP contribution >= 0.6 is 0 Å². The highest BCUT2D eigenvalue weighted by atomic mass is 14.7. The Morgan fingerprint density at radius 3 is 2.70 bits per heavy atom. The summed E-state index contributed by atoms with van der Waals surface area (Å²) in [4.78, 5) is 4.76. The van der Waals surface area contributed by atoms with E-state index < -0.39 is 0 Å². The zero-order chi connectivity index (χ0) is 13.9. The van der Waals surface area contributed by atoms with Crippen molar-refractivity contribution in [1.82, 2.24) is 4.98 Å². The van der Waals surface area contributed by atoms with E-state index in [1.54, 1.807) is 0 Å². The fraction of sp³-hybridized carbons (Fsp3) is 0.111. The lowest BCUT2D eigenvalue weighted by Crippen LogP contribution is -1.93. The SMILES string of the molecule is CCc1cc2ccccc2c(-c2cccc(C#N)c2)n1. The van der Waals surface area contributed by atoms with Crippen LogP contribution in [-0.4, -0.2) is 4.98 Å². The first-order valence-corrected chi connectivity index (χ1v) is 6.71. The molecule has 0 amide bonds. The Balaban J connectivity index is 2.31. The zero-order valence-electron chi connectivity index (χ0n) is 11.3. The molecule has 0 spiro atoms. The number of hydrogen-bond acceptors (Lipinski definition) is 2. The molecule has 3 rings (SSSR count). The maximum atomic E-state index is 9.05. The minimum Gasteiger partial charge on any atom is -0.252 e. The molecule has 0 aliphatic carbocycles. The van der Waals surface area contributed by atoms with Gasteiger partial charge >= 0.3 is 0 Å². The molecule has 3 aromatic rings. The summed E-state index contributed by atoms with van der Waals surface area (Å²) in [5.74, 6) is 0. The van der Waals surface area contributed by atoms with Crippen LogP contribution in [0.1, 0.15) is 18.2 Å². The predicted octanol–water partition coefficient (Wildman–Crippen LogP) is 4.34. The number of fused-ring (bicyclic) bond motifs is 1. The fourth-order valence-corrected chi connectivity index (χ4v) is 2.39. The van der Waals surface area contributed by atoms with Gasteiger partial charge in [0.15, 0.2) is 0 Å². The molecule has 20 heavy (non-hydrogen) atoms. The van der Waals surface area contributed by atoms with Gasteiger partial charge in [0.25, 0.3) is 0 Å². The van der Waals surface area contributed by atoms with Crippen LogP contribution in [0, 0.1) is 11.3 Å². The third kappa shape index (κ3) is 2.15. The fourth-order valence-electron chi connectivity index (χ4n) is 2.39. The average Bonchev–Trinajstić information content (AvgIpc) is 2.53. The van der Waals surface area contributed by atoms with E-state index in [4.69, 9.17) is 10.2 Å². The van der Waals surface area contributed by atoms with Crippen molar-refractivity contribution in [2.75, 3.05) is 0 Å². The number of nitrogens with zero attached hydrogens (tertiary/aromatic N) is 2. The number of hydrogen-bond donors (Lipinski definition) is 0. The highest BCUT2D eigenvalue weighted by Crippen LogP contribution is 2.28. The van der Waals surface area contributed by atoms with Gasteiger partial charge in [-0.25, -0.2) is 0 Å². The van der Waals surface area contributed by atoms with Crippen molar-refractivity contribution in [2.45, 2.75) is 13.3 Å². The van der Waals surface area contributed by atoms with Crippen LogP contribution in [0.3, 0.4) is 0 Å². The van der Waals surface area contributed by atoms with Crippen molar-refractivity contribution >= 4 is 10.8 Å². The molecule has 1 aromatic heterocycles. The highest BCUT2D eigenvalue weighted by molar-refractivity contribution is 5.95. The van der Waals surface area contributed by atoms with Crippen LogP contribution in [0.5, 0.6) is 0 Å². The van der Waals surface area contributed by atoms with Gasteiger partial charge in [-0.1, -0.05) is 43.3 Å². The van der Waals surface area contributed by atoms with Crippen LogP contribution in [0.15, 0.2) is 54.6 Å². The maximum absolute atomic E-state index is 9.05. The molecule has 1 heterocycles. The van der Waals surface area contributed by atoms with Crippen molar-refractivity contribution < 1.29 is 0 Å². The first kappa shape index (κ1) is 12.4. The van der Waals surface area contributed by atoms with Crippen molar-refractivity contribution in [3.05, 3.63) is 65.9 Å². The van der Waals surface area contributed by atoms with E-state index in [0.717, 1.165) is 28.8 Å². The van der Waals surface area contributed by atoms with Gasteiger partial charge in [0, 0.05) is 16.6 Å². The monoisotopic (exact) mass is 258 g/mol. The number of aryl methyl sites for hydroxylation is 1. The lowest BCUT2D eigenvalue weighted by atomic mass is 10.0. The molecule has 2 nitrogen and oxygen atoms in total. The van der Waals surface area contributed by atoms with Crippen LogP contribution < -0.4 is 0 Å². The second-order valence-electron chi connectivity index (χ2n) is 4.73. The summed E-state index contributed by atoms with van der Waals surface area (Å²) in [6.07, 6.45) is 0.899. The summed E-state index contributed by atoms with van der Waals surface area (Å²) in [5, 5.41) is 11.4. The highest BCUT2D eigenvalue weighted by Gasteiger charge is 2.08. The number of pyridine rings is 1. The van der Waals surface area contributed by atoms with Crippen molar-refractivity contribution in [3.63, 3.8) is 0 Å². The second kappa shape index (κ2) is 5.14. The van der Waals surface area contributed by atoms with Crippen molar-refractivity contribution in [2.24, 2.45) is 0 Å². The van der Waals surface area contributed by atoms with Gasteiger partial charge in [-0.3, -0.25) is 4.98 Å². The summed E-state index contributed by atoms with van der Waals surface area (Å²) < 4.78 is 0. The normalized spacial score (nSPS) is 10.4. The van der Waals surface area contributed by atoms with E-state index in [1.807, 2.05) is 36.4 Å². The van der Waals surface area contributed by atoms with Gasteiger partial charge in [0.2, 0.25) is 0 Å². The number of benzene rings is 2. The third-order valence-electron chi connectivity index (χ3n) is 3.42. The smallest absolute Gasteiger partial charge is 0.0991 e. The zero-order valence-corrected chi connectivity index (χ0v) is 11.3. The molecule has 0 unspecified atom stereocenters. The van der Waals surface area contributed by atoms with E-state index in [-0.39, 0.29) is 0 Å².